The molecule has 130 valence electrons. The quantitative estimate of drug-likeness (QED) is 0.613. The Morgan fingerprint density at radius 2 is 2.17 bits per heavy atom. The van der Waals surface area contributed by atoms with Crippen molar-refractivity contribution in [1.82, 2.24) is 9.79 Å². The van der Waals surface area contributed by atoms with E-state index in [1.165, 1.54) is 4.31 Å². The summed E-state index contributed by atoms with van der Waals surface area (Å²) in [7, 11) is -3.58. The molecule has 1 amide bonds. The summed E-state index contributed by atoms with van der Waals surface area (Å²) in [4.78, 5) is 16.6. The fourth-order valence-corrected chi connectivity index (χ4v) is 5.18. The molecule has 24 heavy (non-hydrogen) atoms. The Morgan fingerprint density at radius 1 is 1.42 bits per heavy atom. The fourth-order valence-electron chi connectivity index (χ4n) is 3.18. The van der Waals surface area contributed by atoms with Gasteiger partial charge in [0.15, 0.2) is 5.25 Å². The predicted molar refractivity (Wildman–Crippen MR) is 86.2 cm³/mol. The zero-order valence-corrected chi connectivity index (χ0v) is 14.2. The zero-order chi connectivity index (χ0) is 17.5. The molecule has 0 saturated heterocycles. The average molecular weight is 353 g/mol. The molecule has 0 bridgehead atoms. The number of hydrogen-bond donors (Lipinski definition) is 2. The SMILES string of the molecule is CC1=NOC(C)C1S(=O)(=O)N1CCc2cc(C(=O)NO)ccc2C1. The van der Waals surface area contributed by atoms with E-state index in [0.29, 0.717) is 24.2 Å². The van der Waals surface area contributed by atoms with Crippen LogP contribution in [0.3, 0.4) is 0 Å². The number of carbonyl (C=O) groups excluding carboxylic acids is 1. The van der Waals surface area contributed by atoms with E-state index >= 15 is 0 Å². The van der Waals surface area contributed by atoms with Gasteiger partial charge in [0.25, 0.3) is 5.91 Å². The molecule has 2 aliphatic rings. The molecule has 0 fully saturated rings. The minimum absolute atomic E-state index is 0.245. The van der Waals surface area contributed by atoms with Crippen LogP contribution in [0.25, 0.3) is 0 Å². The van der Waals surface area contributed by atoms with E-state index < -0.39 is 27.3 Å². The van der Waals surface area contributed by atoms with Gasteiger partial charge in [-0.3, -0.25) is 10.0 Å². The van der Waals surface area contributed by atoms with Crippen LogP contribution in [0.4, 0.5) is 0 Å². The topological polar surface area (TPSA) is 108 Å². The van der Waals surface area contributed by atoms with Gasteiger partial charge in [0, 0.05) is 18.7 Å². The number of fused-ring (bicyclic) bond motifs is 1. The Morgan fingerprint density at radius 3 is 2.79 bits per heavy atom. The molecule has 2 N–H and O–H groups in total. The molecule has 0 radical (unpaired) electrons. The molecule has 1 aromatic rings. The summed E-state index contributed by atoms with van der Waals surface area (Å²) >= 11 is 0. The first kappa shape index (κ1) is 16.9. The number of benzene rings is 1. The maximum absolute atomic E-state index is 12.9. The van der Waals surface area contributed by atoms with Crippen LogP contribution >= 0.6 is 0 Å². The molecule has 8 nitrogen and oxygen atoms in total. The third-order valence-corrected chi connectivity index (χ3v) is 6.83. The van der Waals surface area contributed by atoms with Crippen molar-refractivity contribution >= 4 is 21.6 Å². The van der Waals surface area contributed by atoms with Gasteiger partial charge in [-0.1, -0.05) is 11.2 Å². The van der Waals surface area contributed by atoms with Crippen molar-refractivity contribution in [2.24, 2.45) is 5.16 Å². The van der Waals surface area contributed by atoms with E-state index in [9.17, 15) is 13.2 Å². The van der Waals surface area contributed by atoms with Crippen molar-refractivity contribution in [1.29, 1.82) is 0 Å². The second-order valence-corrected chi connectivity index (χ2v) is 8.07. The van der Waals surface area contributed by atoms with Gasteiger partial charge in [-0.05, 0) is 43.5 Å². The van der Waals surface area contributed by atoms with E-state index in [0.717, 1.165) is 11.1 Å². The lowest BCUT2D eigenvalue weighted by Gasteiger charge is -2.31. The summed E-state index contributed by atoms with van der Waals surface area (Å²) in [5.74, 6) is -0.586. The molecule has 9 heteroatoms. The summed E-state index contributed by atoms with van der Waals surface area (Å²) in [6.07, 6.45) is -0.00812. The van der Waals surface area contributed by atoms with E-state index in [1.807, 2.05) is 0 Å². The van der Waals surface area contributed by atoms with Gasteiger partial charge in [-0.15, -0.1) is 0 Å². The standard InChI is InChI=1S/C15H19N3O5S/c1-9-14(10(2)23-17-9)24(21,22)18-6-5-11-7-12(15(19)16-20)3-4-13(11)8-18/h3-4,7,10,14,20H,5-6,8H2,1-2H3,(H,16,19). The van der Waals surface area contributed by atoms with E-state index in [4.69, 9.17) is 10.0 Å². The van der Waals surface area contributed by atoms with Crippen molar-refractivity contribution in [2.75, 3.05) is 6.54 Å². The fraction of sp³-hybridized carbons (Fsp3) is 0.467. The number of sulfonamides is 1. The molecule has 0 aromatic heterocycles. The molecule has 0 aliphatic carbocycles. The first-order valence-electron chi connectivity index (χ1n) is 7.60. The molecular formula is C15H19N3O5S. The van der Waals surface area contributed by atoms with Crippen LogP contribution in [-0.2, 0) is 27.8 Å². The van der Waals surface area contributed by atoms with Gasteiger partial charge < -0.3 is 4.84 Å². The Balaban J connectivity index is 1.85. The van der Waals surface area contributed by atoms with Crippen molar-refractivity contribution in [3.8, 4) is 0 Å². The number of hydrogen-bond acceptors (Lipinski definition) is 6. The van der Waals surface area contributed by atoms with Crippen LogP contribution in [0.2, 0.25) is 0 Å². The molecule has 3 rings (SSSR count). The molecule has 1 aromatic carbocycles. The molecule has 0 saturated carbocycles. The van der Waals surface area contributed by atoms with Crippen molar-refractivity contribution in [2.45, 2.75) is 38.2 Å². The Labute approximate surface area is 140 Å². The van der Waals surface area contributed by atoms with Gasteiger partial charge in [-0.2, -0.15) is 4.31 Å². The molecule has 0 spiro atoms. The van der Waals surface area contributed by atoms with Gasteiger partial charge in [0.05, 0.1) is 5.71 Å². The smallest absolute Gasteiger partial charge is 0.274 e. The van der Waals surface area contributed by atoms with Crippen LogP contribution in [0.5, 0.6) is 0 Å². The lowest BCUT2D eigenvalue weighted by molar-refractivity contribution is 0.0706. The summed E-state index contributed by atoms with van der Waals surface area (Å²) in [6.45, 7) is 3.93. The minimum atomic E-state index is -3.58. The number of carbonyl (C=O) groups is 1. The third-order valence-electron chi connectivity index (χ3n) is 4.43. The van der Waals surface area contributed by atoms with Crippen LogP contribution in [0.15, 0.2) is 23.4 Å². The van der Waals surface area contributed by atoms with Gasteiger partial charge in [-0.25, -0.2) is 13.9 Å². The Kier molecular flexibility index (Phi) is 4.33. The first-order chi connectivity index (χ1) is 11.3. The summed E-state index contributed by atoms with van der Waals surface area (Å²) < 4.78 is 27.3. The Bertz CT molecular complexity index is 805. The van der Waals surface area contributed by atoms with Crippen LogP contribution in [0.1, 0.15) is 35.3 Å². The minimum Gasteiger partial charge on any atom is -0.391 e. The lowest BCUT2D eigenvalue weighted by Crippen LogP contribution is -2.47. The van der Waals surface area contributed by atoms with Crippen LogP contribution in [-0.4, -0.2) is 47.4 Å². The maximum atomic E-state index is 12.9. The first-order valence-corrected chi connectivity index (χ1v) is 9.10. The highest BCUT2D eigenvalue weighted by atomic mass is 32.2. The highest BCUT2D eigenvalue weighted by Gasteiger charge is 2.43. The normalized spacial score (nSPS) is 24.0. The molecule has 2 unspecified atom stereocenters. The van der Waals surface area contributed by atoms with Gasteiger partial charge in [0.1, 0.15) is 6.10 Å². The Hall–Kier alpha value is -1.97. The number of oxime groups is 1. The molecule has 2 heterocycles. The van der Waals surface area contributed by atoms with Crippen molar-refractivity contribution in [3.05, 3.63) is 34.9 Å². The highest BCUT2D eigenvalue weighted by Crippen LogP contribution is 2.28. The van der Waals surface area contributed by atoms with E-state index in [1.54, 1.807) is 37.5 Å². The van der Waals surface area contributed by atoms with Gasteiger partial charge >= 0.3 is 0 Å². The third kappa shape index (κ3) is 2.79. The largest absolute Gasteiger partial charge is 0.391 e. The second kappa shape index (κ2) is 6.15. The number of hydroxylamine groups is 1. The molecule has 2 aliphatic heterocycles. The van der Waals surface area contributed by atoms with Crippen molar-refractivity contribution < 1.29 is 23.3 Å². The summed E-state index contributed by atoms with van der Waals surface area (Å²) in [5.41, 5.74) is 4.15. The number of amides is 1. The monoisotopic (exact) mass is 353 g/mol. The number of nitrogens with one attached hydrogen (secondary N) is 1. The second-order valence-electron chi connectivity index (χ2n) is 6.02. The molecular weight excluding hydrogens is 334 g/mol. The van der Waals surface area contributed by atoms with Crippen molar-refractivity contribution in [3.63, 3.8) is 0 Å². The summed E-state index contributed by atoms with van der Waals surface area (Å²) in [6, 6.07) is 4.96. The van der Waals surface area contributed by atoms with E-state index in [2.05, 4.69) is 5.16 Å². The van der Waals surface area contributed by atoms with Gasteiger partial charge in [0.2, 0.25) is 10.0 Å². The number of rotatable bonds is 3. The predicted octanol–water partition coefficient (Wildman–Crippen LogP) is 0.657. The summed E-state index contributed by atoms with van der Waals surface area (Å²) in [5, 5.41) is 11.7. The zero-order valence-electron chi connectivity index (χ0n) is 13.4. The van der Waals surface area contributed by atoms with E-state index in [-0.39, 0.29) is 6.54 Å². The molecule has 2 atom stereocenters. The highest BCUT2D eigenvalue weighted by molar-refractivity contribution is 7.90. The maximum Gasteiger partial charge on any atom is 0.274 e. The number of nitrogens with zero attached hydrogens (tertiary/aromatic N) is 2. The van der Waals surface area contributed by atoms with Crippen LogP contribution in [0, 0.1) is 0 Å². The average Bonchev–Trinajstić information content (AvgIpc) is 2.92. The lowest BCUT2D eigenvalue weighted by atomic mass is 9.98. The van der Waals surface area contributed by atoms with Crippen LogP contribution < -0.4 is 5.48 Å².